The molecule has 0 fully saturated rings. The predicted octanol–water partition coefficient (Wildman–Crippen LogP) is 1.98. The summed E-state index contributed by atoms with van der Waals surface area (Å²) in [4.78, 5) is 0. The van der Waals surface area contributed by atoms with Crippen molar-refractivity contribution in [2.24, 2.45) is 0 Å². The van der Waals surface area contributed by atoms with Gasteiger partial charge in [-0.3, -0.25) is 0 Å². The zero-order valence-corrected chi connectivity index (χ0v) is 11.6. The standard InChI is InChI=1S/C15H15N5O/c1-21-14-12(8-5-9-13(14)16)15-17-18-19-20(15)10-11-6-3-2-4-7-11/h2-9H,10,16H2,1H3. The van der Waals surface area contributed by atoms with Crippen LogP contribution in [0, 0.1) is 0 Å². The number of tetrazole rings is 1. The third-order valence-electron chi connectivity index (χ3n) is 3.20. The van der Waals surface area contributed by atoms with Crippen LogP contribution in [0.1, 0.15) is 5.56 Å². The van der Waals surface area contributed by atoms with Crippen LogP contribution in [0.15, 0.2) is 48.5 Å². The molecule has 2 N–H and O–H groups in total. The van der Waals surface area contributed by atoms with Gasteiger partial charge in [0.15, 0.2) is 11.6 Å². The van der Waals surface area contributed by atoms with Gasteiger partial charge in [-0.05, 0) is 28.1 Å². The molecule has 0 spiro atoms. The number of rotatable bonds is 4. The smallest absolute Gasteiger partial charge is 0.186 e. The molecule has 0 saturated heterocycles. The molecule has 0 atom stereocenters. The van der Waals surface area contributed by atoms with Crippen molar-refractivity contribution >= 4 is 5.69 Å². The van der Waals surface area contributed by atoms with E-state index in [-0.39, 0.29) is 0 Å². The van der Waals surface area contributed by atoms with Crippen LogP contribution < -0.4 is 10.5 Å². The van der Waals surface area contributed by atoms with E-state index in [9.17, 15) is 0 Å². The first-order valence-electron chi connectivity index (χ1n) is 6.52. The van der Waals surface area contributed by atoms with Crippen LogP contribution in [0.25, 0.3) is 11.4 Å². The van der Waals surface area contributed by atoms with E-state index in [1.165, 1.54) is 0 Å². The van der Waals surface area contributed by atoms with Crippen LogP contribution in [-0.4, -0.2) is 27.3 Å². The van der Waals surface area contributed by atoms with Crippen LogP contribution in [0.2, 0.25) is 0 Å². The normalized spacial score (nSPS) is 10.5. The number of nitrogens with zero attached hydrogens (tertiary/aromatic N) is 4. The molecular weight excluding hydrogens is 266 g/mol. The lowest BCUT2D eigenvalue weighted by molar-refractivity contribution is 0.418. The Bertz CT molecular complexity index is 739. The molecule has 3 aromatic rings. The molecule has 6 heteroatoms. The number of aromatic nitrogens is 4. The monoisotopic (exact) mass is 281 g/mol. The van der Waals surface area contributed by atoms with Gasteiger partial charge in [0.2, 0.25) is 0 Å². The van der Waals surface area contributed by atoms with E-state index >= 15 is 0 Å². The third-order valence-corrected chi connectivity index (χ3v) is 3.20. The molecule has 0 amide bonds. The van der Waals surface area contributed by atoms with E-state index in [0.717, 1.165) is 11.1 Å². The van der Waals surface area contributed by atoms with Gasteiger partial charge in [0.1, 0.15) is 0 Å². The highest BCUT2D eigenvalue weighted by Crippen LogP contribution is 2.33. The van der Waals surface area contributed by atoms with Gasteiger partial charge < -0.3 is 10.5 Å². The molecule has 106 valence electrons. The Hall–Kier alpha value is -2.89. The Labute approximate surface area is 122 Å². The zero-order valence-electron chi connectivity index (χ0n) is 11.6. The molecule has 21 heavy (non-hydrogen) atoms. The number of para-hydroxylation sites is 1. The Morgan fingerprint density at radius 2 is 1.90 bits per heavy atom. The molecule has 6 nitrogen and oxygen atoms in total. The van der Waals surface area contributed by atoms with Crippen LogP contribution in [0.5, 0.6) is 5.75 Å². The molecule has 1 aromatic heterocycles. The lowest BCUT2D eigenvalue weighted by atomic mass is 10.1. The summed E-state index contributed by atoms with van der Waals surface area (Å²) < 4.78 is 7.10. The SMILES string of the molecule is COc1c(N)cccc1-c1nnnn1Cc1ccccc1. The summed E-state index contributed by atoms with van der Waals surface area (Å²) in [5.74, 6) is 1.21. The summed E-state index contributed by atoms with van der Waals surface area (Å²) in [5.41, 5.74) is 8.39. The maximum Gasteiger partial charge on any atom is 0.186 e. The van der Waals surface area contributed by atoms with Crippen LogP contribution in [-0.2, 0) is 6.54 Å². The lowest BCUT2D eigenvalue weighted by Crippen LogP contribution is -2.05. The number of hydrogen-bond acceptors (Lipinski definition) is 5. The summed E-state index contributed by atoms with van der Waals surface area (Å²) in [7, 11) is 1.58. The van der Waals surface area contributed by atoms with Crippen molar-refractivity contribution in [1.29, 1.82) is 0 Å². The average Bonchev–Trinajstić information content (AvgIpc) is 2.96. The molecule has 0 unspecified atom stereocenters. The summed E-state index contributed by atoms with van der Waals surface area (Å²) >= 11 is 0. The summed E-state index contributed by atoms with van der Waals surface area (Å²) in [5, 5.41) is 11.9. The fourth-order valence-corrected chi connectivity index (χ4v) is 2.22. The number of hydrogen-bond donors (Lipinski definition) is 1. The van der Waals surface area contributed by atoms with Gasteiger partial charge in [0.05, 0.1) is 24.9 Å². The molecule has 0 saturated carbocycles. The maximum atomic E-state index is 5.94. The molecule has 2 aromatic carbocycles. The quantitative estimate of drug-likeness (QED) is 0.740. The molecule has 0 aliphatic carbocycles. The van der Waals surface area contributed by atoms with Crippen molar-refractivity contribution in [2.45, 2.75) is 6.54 Å². The summed E-state index contributed by atoms with van der Waals surface area (Å²) in [6, 6.07) is 15.5. The minimum absolute atomic E-state index is 0.560. The van der Waals surface area contributed by atoms with Crippen LogP contribution >= 0.6 is 0 Å². The second kappa shape index (κ2) is 5.62. The van der Waals surface area contributed by atoms with Gasteiger partial charge in [-0.1, -0.05) is 36.4 Å². The van der Waals surface area contributed by atoms with Gasteiger partial charge >= 0.3 is 0 Å². The Balaban J connectivity index is 2.02. The zero-order chi connectivity index (χ0) is 14.7. The summed E-state index contributed by atoms with van der Waals surface area (Å²) in [6.07, 6.45) is 0. The first-order chi connectivity index (χ1) is 10.3. The fourth-order valence-electron chi connectivity index (χ4n) is 2.22. The van der Waals surface area contributed by atoms with Crippen LogP contribution in [0.4, 0.5) is 5.69 Å². The number of anilines is 1. The van der Waals surface area contributed by atoms with Gasteiger partial charge in [-0.15, -0.1) is 5.10 Å². The number of methoxy groups -OCH3 is 1. The first-order valence-corrected chi connectivity index (χ1v) is 6.52. The van der Waals surface area contributed by atoms with Gasteiger partial charge in [-0.25, -0.2) is 4.68 Å². The van der Waals surface area contributed by atoms with Crippen molar-refractivity contribution in [3.05, 3.63) is 54.1 Å². The Morgan fingerprint density at radius 1 is 1.10 bits per heavy atom. The highest BCUT2D eigenvalue weighted by molar-refractivity contribution is 5.73. The molecule has 0 aliphatic rings. The van der Waals surface area contributed by atoms with Gasteiger partial charge in [0.25, 0.3) is 0 Å². The minimum atomic E-state index is 0.560. The van der Waals surface area contributed by atoms with E-state index in [1.807, 2.05) is 42.5 Å². The number of benzene rings is 2. The van der Waals surface area contributed by atoms with E-state index in [4.69, 9.17) is 10.5 Å². The van der Waals surface area contributed by atoms with Crippen molar-refractivity contribution in [1.82, 2.24) is 20.2 Å². The molecular formula is C15H15N5O. The average molecular weight is 281 g/mol. The highest BCUT2D eigenvalue weighted by Gasteiger charge is 2.15. The fraction of sp³-hybridized carbons (Fsp3) is 0.133. The Morgan fingerprint density at radius 3 is 2.67 bits per heavy atom. The van der Waals surface area contributed by atoms with Crippen molar-refractivity contribution < 1.29 is 4.74 Å². The molecule has 0 bridgehead atoms. The second-order valence-corrected chi connectivity index (χ2v) is 4.57. The molecule has 1 heterocycles. The molecule has 3 rings (SSSR count). The predicted molar refractivity (Wildman–Crippen MR) is 79.8 cm³/mol. The second-order valence-electron chi connectivity index (χ2n) is 4.57. The lowest BCUT2D eigenvalue weighted by Gasteiger charge is -2.10. The number of ether oxygens (including phenoxy) is 1. The third kappa shape index (κ3) is 2.55. The van der Waals surface area contributed by atoms with Gasteiger partial charge in [0, 0.05) is 0 Å². The van der Waals surface area contributed by atoms with E-state index < -0.39 is 0 Å². The van der Waals surface area contributed by atoms with Crippen molar-refractivity contribution in [3.8, 4) is 17.1 Å². The van der Waals surface area contributed by atoms with E-state index in [0.29, 0.717) is 23.8 Å². The summed E-state index contributed by atoms with van der Waals surface area (Å²) in [6.45, 7) is 0.584. The van der Waals surface area contributed by atoms with Crippen molar-refractivity contribution in [3.63, 3.8) is 0 Å². The Kier molecular flexibility index (Phi) is 3.51. The minimum Gasteiger partial charge on any atom is -0.494 e. The van der Waals surface area contributed by atoms with Crippen LogP contribution in [0.3, 0.4) is 0 Å². The molecule has 0 aliphatic heterocycles. The molecule has 0 radical (unpaired) electrons. The number of nitrogens with two attached hydrogens (primary N) is 1. The van der Waals surface area contributed by atoms with E-state index in [2.05, 4.69) is 15.5 Å². The van der Waals surface area contributed by atoms with Crippen molar-refractivity contribution in [2.75, 3.05) is 12.8 Å². The highest BCUT2D eigenvalue weighted by atomic mass is 16.5. The maximum absolute atomic E-state index is 5.94. The first kappa shape index (κ1) is 13.1. The topological polar surface area (TPSA) is 78.8 Å². The van der Waals surface area contributed by atoms with E-state index in [1.54, 1.807) is 17.9 Å². The largest absolute Gasteiger partial charge is 0.494 e. The van der Waals surface area contributed by atoms with Gasteiger partial charge in [-0.2, -0.15) is 0 Å². The number of nitrogen functional groups attached to an aromatic ring is 1.